The minimum atomic E-state index is -1.16. The van der Waals surface area contributed by atoms with Crippen LogP contribution in [0.2, 0.25) is 0 Å². The first kappa shape index (κ1) is 29.1. The Morgan fingerprint density at radius 1 is 1.24 bits per heavy atom. The molecule has 4 fully saturated rings. The van der Waals surface area contributed by atoms with Crippen LogP contribution in [0.4, 0.5) is 0 Å². The van der Waals surface area contributed by atoms with E-state index in [9.17, 15) is 24.6 Å². The fraction of sp³-hybridized carbons (Fsp3) is 0.656. The van der Waals surface area contributed by atoms with Gasteiger partial charge in [-0.1, -0.05) is 13.8 Å². The molecule has 10 heteroatoms. The number of nitrogens with one attached hydrogen (secondary N) is 1. The van der Waals surface area contributed by atoms with Gasteiger partial charge in [0.05, 0.1) is 25.7 Å². The Morgan fingerprint density at radius 3 is 2.69 bits per heavy atom. The number of methoxy groups -OCH3 is 1. The van der Waals surface area contributed by atoms with Crippen LogP contribution in [0.5, 0.6) is 11.5 Å². The molecule has 0 radical (unpaired) electrons. The standard InChI is InChI=1S/C32H42N2O8/c1-32(2)19-7-6-18(22(32)13-19)15-34(31(39)24-5-4-10-41-24)23-14-21(30(38)33-8-9-35)26-20-11-17(16-36)12-25(40-3)28(20)42-29(26)27(23)37/h11-12,14,16,18-19,22-24,26-27,29,35,37H,4-10,13,15H2,1-3H3,(H,33,38). The third-order valence-electron chi connectivity index (χ3n) is 10.7. The van der Waals surface area contributed by atoms with Crippen LogP contribution in [-0.4, -0.2) is 91.0 Å². The zero-order valence-electron chi connectivity index (χ0n) is 24.6. The summed E-state index contributed by atoms with van der Waals surface area (Å²) in [5.41, 5.74) is 1.46. The van der Waals surface area contributed by atoms with Crippen LogP contribution in [0.25, 0.3) is 0 Å². The first-order valence-electron chi connectivity index (χ1n) is 15.2. The van der Waals surface area contributed by atoms with Crippen molar-refractivity contribution in [3.05, 3.63) is 34.9 Å². The number of hydrogen-bond acceptors (Lipinski definition) is 8. The zero-order valence-corrected chi connectivity index (χ0v) is 24.6. The van der Waals surface area contributed by atoms with Gasteiger partial charge in [0, 0.05) is 36.4 Å². The maximum Gasteiger partial charge on any atom is 0.252 e. The van der Waals surface area contributed by atoms with E-state index in [4.69, 9.17) is 14.2 Å². The van der Waals surface area contributed by atoms with Crippen LogP contribution in [0.15, 0.2) is 23.8 Å². The maximum absolute atomic E-state index is 14.1. The lowest BCUT2D eigenvalue weighted by atomic mass is 9.45. The second kappa shape index (κ2) is 11.3. The van der Waals surface area contributed by atoms with Crippen molar-refractivity contribution < 1.29 is 38.8 Å². The second-order valence-corrected chi connectivity index (χ2v) is 13.1. The molecule has 2 bridgehead atoms. The van der Waals surface area contributed by atoms with Crippen LogP contribution < -0.4 is 14.8 Å². The molecule has 4 aliphatic carbocycles. The smallest absolute Gasteiger partial charge is 0.252 e. The number of ether oxygens (including phenoxy) is 3. The van der Waals surface area contributed by atoms with Crippen molar-refractivity contribution in [3.8, 4) is 11.5 Å². The molecule has 2 amide bonds. The van der Waals surface area contributed by atoms with Gasteiger partial charge in [0.15, 0.2) is 11.5 Å². The van der Waals surface area contributed by atoms with Crippen LogP contribution in [0, 0.1) is 23.2 Å². The Labute approximate surface area is 246 Å². The zero-order chi connectivity index (χ0) is 29.8. The number of carbonyl (C=O) groups is 3. The minimum absolute atomic E-state index is 0.0464. The lowest BCUT2D eigenvalue weighted by molar-refractivity contribution is -0.154. The average molecular weight is 583 g/mol. The monoisotopic (exact) mass is 582 g/mol. The van der Waals surface area contributed by atoms with E-state index in [1.165, 1.54) is 7.11 Å². The first-order valence-corrected chi connectivity index (χ1v) is 15.2. The van der Waals surface area contributed by atoms with Crippen molar-refractivity contribution in [3.63, 3.8) is 0 Å². The predicted octanol–water partition coefficient (Wildman–Crippen LogP) is 2.21. The van der Waals surface area contributed by atoms with Crippen molar-refractivity contribution in [2.45, 2.75) is 76.2 Å². The molecular formula is C32H42N2O8. The highest BCUT2D eigenvalue weighted by atomic mass is 16.5. The number of carbonyl (C=O) groups excluding carboxylic acids is 3. The quantitative estimate of drug-likeness (QED) is 0.378. The number of aliphatic hydroxyl groups is 2. The Balaban J connectivity index is 1.41. The largest absolute Gasteiger partial charge is 0.493 e. The molecule has 2 heterocycles. The van der Waals surface area contributed by atoms with Gasteiger partial charge in [-0.2, -0.15) is 0 Å². The van der Waals surface area contributed by atoms with E-state index in [1.807, 2.05) is 0 Å². The molecule has 3 N–H and O–H groups in total. The SMILES string of the molecule is COc1cc(C=O)cc2c1OC1C2C(C(=O)NCCO)=CC(N(CC2CCC3CC2C3(C)C)C(=O)C2CCCO2)C1O. The Kier molecular flexibility index (Phi) is 7.82. The first-order chi connectivity index (χ1) is 20.2. The molecule has 8 unspecified atom stereocenters. The van der Waals surface area contributed by atoms with E-state index in [0.717, 1.165) is 25.7 Å². The molecule has 6 aliphatic rings. The number of aldehydes is 1. The summed E-state index contributed by atoms with van der Waals surface area (Å²) in [6.45, 7) is 5.43. The molecule has 1 aromatic carbocycles. The van der Waals surface area contributed by atoms with E-state index >= 15 is 0 Å². The van der Waals surface area contributed by atoms with E-state index in [2.05, 4.69) is 19.2 Å². The van der Waals surface area contributed by atoms with Crippen molar-refractivity contribution in [1.82, 2.24) is 10.2 Å². The van der Waals surface area contributed by atoms with Gasteiger partial charge < -0.3 is 34.6 Å². The summed E-state index contributed by atoms with van der Waals surface area (Å²) >= 11 is 0. The van der Waals surface area contributed by atoms with E-state index in [1.54, 1.807) is 23.1 Å². The number of amides is 2. The molecule has 2 aliphatic heterocycles. The third kappa shape index (κ3) is 4.72. The van der Waals surface area contributed by atoms with Crippen LogP contribution >= 0.6 is 0 Å². The van der Waals surface area contributed by atoms with Crippen LogP contribution in [0.1, 0.15) is 67.8 Å². The van der Waals surface area contributed by atoms with Gasteiger partial charge in [0.1, 0.15) is 24.6 Å². The van der Waals surface area contributed by atoms with Crippen LogP contribution in [0.3, 0.4) is 0 Å². The Hall–Kier alpha value is -2.95. The Bertz CT molecular complexity index is 1270. The summed E-state index contributed by atoms with van der Waals surface area (Å²) in [4.78, 5) is 41.2. The number of fused-ring (bicyclic) bond motifs is 5. The highest BCUT2D eigenvalue weighted by molar-refractivity contribution is 5.96. The molecule has 7 rings (SSSR count). The van der Waals surface area contributed by atoms with Crippen molar-refractivity contribution >= 4 is 18.1 Å². The summed E-state index contributed by atoms with van der Waals surface area (Å²) in [6, 6.07) is 2.39. The Morgan fingerprint density at radius 2 is 2.05 bits per heavy atom. The second-order valence-electron chi connectivity index (χ2n) is 13.1. The molecule has 42 heavy (non-hydrogen) atoms. The van der Waals surface area contributed by atoms with Gasteiger partial charge in [-0.05, 0) is 73.5 Å². The molecule has 1 saturated heterocycles. The molecule has 8 atom stereocenters. The molecule has 0 aromatic heterocycles. The maximum atomic E-state index is 14.1. The predicted molar refractivity (Wildman–Crippen MR) is 152 cm³/mol. The summed E-state index contributed by atoms with van der Waals surface area (Å²) in [7, 11) is 1.47. The van der Waals surface area contributed by atoms with Gasteiger partial charge >= 0.3 is 0 Å². The minimum Gasteiger partial charge on any atom is -0.493 e. The summed E-state index contributed by atoms with van der Waals surface area (Å²) in [6.07, 6.45) is 4.47. The van der Waals surface area contributed by atoms with Crippen LogP contribution in [-0.2, 0) is 14.3 Å². The van der Waals surface area contributed by atoms with Crippen molar-refractivity contribution in [1.29, 1.82) is 0 Å². The van der Waals surface area contributed by atoms with E-state index in [-0.39, 0.29) is 30.4 Å². The fourth-order valence-electron chi connectivity index (χ4n) is 8.31. The lowest BCUT2D eigenvalue weighted by Gasteiger charge is -2.61. The molecule has 0 spiro atoms. The van der Waals surface area contributed by atoms with E-state index < -0.39 is 36.2 Å². The summed E-state index contributed by atoms with van der Waals surface area (Å²) in [5, 5.41) is 24.1. The topological polar surface area (TPSA) is 135 Å². The highest BCUT2D eigenvalue weighted by Crippen LogP contribution is 2.61. The number of hydrogen-bond donors (Lipinski definition) is 3. The molecule has 3 saturated carbocycles. The van der Waals surface area contributed by atoms with Crippen molar-refractivity contribution in [2.75, 3.05) is 33.4 Å². The van der Waals surface area contributed by atoms with Crippen molar-refractivity contribution in [2.24, 2.45) is 23.2 Å². The number of benzene rings is 1. The number of rotatable bonds is 9. The average Bonchev–Trinajstić information content (AvgIpc) is 3.67. The molecular weight excluding hydrogens is 540 g/mol. The number of nitrogens with zero attached hydrogens (tertiary/aromatic N) is 1. The number of aliphatic hydroxyl groups excluding tert-OH is 2. The highest BCUT2D eigenvalue weighted by Gasteiger charge is 2.56. The normalized spacial score (nSPS) is 33.8. The molecule has 10 nitrogen and oxygen atoms in total. The van der Waals surface area contributed by atoms with Gasteiger partial charge in [0.25, 0.3) is 5.91 Å². The lowest BCUT2D eigenvalue weighted by Crippen LogP contribution is -2.61. The van der Waals surface area contributed by atoms with Gasteiger partial charge in [0.2, 0.25) is 5.91 Å². The van der Waals surface area contributed by atoms with Gasteiger partial charge in [-0.25, -0.2) is 0 Å². The molecule has 1 aromatic rings. The van der Waals surface area contributed by atoms with Gasteiger partial charge in [-0.15, -0.1) is 0 Å². The summed E-state index contributed by atoms with van der Waals surface area (Å²) in [5.74, 6) is 0.880. The fourth-order valence-corrected chi connectivity index (χ4v) is 8.31. The third-order valence-corrected chi connectivity index (χ3v) is 10.7. The molecule has 228 valence electrons. The van der Waals surface area contributed by atoms with E-state index in [0.29, 0.717) is 65.9 Å². The van der Waals surface area contributed by atoms with Gasteiger partial charge in [-0.3, -0.25) is 14.4 Å². The summed E-state index contributed by atoms with van der Waals surface area (Å²) < 4.78 is 17.7.